The zero-order valence-corrected chi connectivity index (χ0v) is 18.2. The average molecular weight is 413 g/mol. The van der Waals surface area contributed by atoms with Gasteiger partial charge in [-0.1, -0.05) is 12.1 Å². The van der Waals surface area contributed by atoms with Crippen molar-refractivity contribution in [2.75, 3.05) is 13.6 Å². The molecular formula is C22H28N4O2S. The van der Waals surface area contributed by atoms with Gasteiger partial charge in [0.25, 0.3) is 5.91 Å². The Bertz CT molecular complexity index is 936. The fraction of sp³-hybridized carbons (Fsp3) is 0.364. The van der Waals surface area contributed by atoms with E-state index in [9.17, 15) is 4.79 Å². The summed E-state index contributed by atoms with van der Waals surface area (Å²) in [5.41, 5.74) is 3.90. The molecule has 0 saturated heterocycles. The third kappa shape index (κ3) is 6.17. The van der Waals surface area contributed by atoms with Gasteiger partial charge in [0.05, 0.1) is 12.2 Å². The van der Waals surface area contributed by atoms with Crippen molar-refractivity contribution >= 4 is 17.2 Å². The van der Waals surface area contributed by atoms with Gasteiger partial charge < -0.3 is 10.1 Å². The molecule has 0 spiro atoms. The summed E-state index contributed by atoms with van der Waals surface area (Å²) in [6.07, 6.45) is -0.146. The minimum absolute atomic E-state index is 0.146. The molecule has 2 aromatic heterocycles. The van der Waals surface area contributed by atoms with Crippen molar-refractivity contribution in [3.8, 4) is 5.75 Å². The van der Waals surface area contributed by atoms with E-state index in [0.29, 0.717) is 12.2 Å². The zero-order valence-electron chi connectivity index (χ0n) is 17.4. The number of aryl methyl sites for hydroxylation is 2. The van der Waals surface area contributed by atoms with Gasteiger partial charge in [-0.05, 0) is 67.0 Å². The predicted octanol–water partition coefficient (Wildman–Crippen LogP) is 3.62. The molecule has 1 atom stereocenters. The third-order valence-corrected chi connectivity index (χ3v) is 5.24. The number of rotatable bonds is 9. The normalized spacial score (nSPS) is 12.2. The van der Waals surface area contributed by atoms with Gasteiger partial charge in [0.1, 0.15) is 17.5 Å². The van der Waals surface area contributed by atoms with Crippen molar-refractivity contribution in [3.05, 3.63) is 69.7 Å². The molecule has 0 radical (unpaired) electrons. The minimum atomic E-state index is -0.146. The first-order valence-corrected chi connectivity index (χ1v) is 10.6. The third-order valence-electron chi connectivity index (χ3n) is 4.51. The molecule has 7 heteroatoms. The molecule has 6 nitrogen and oxygen atoms in total. The number of hydrogen-bond donors (Lipinski definition) is 1. The van der Waals surface area contributed by atoms with Crippen LogP contribution in [0.4, 0.5) is 0 Å². The summed E-state index contributed by atoms with van der Waals surface area (Å²) in [5.74, 6) is 0.664. The number of carbonyl (C=O) groups is 1. The van der Waals surface area contributed by atoms with E-state index in [1.54, 1.807) is 29.1 Å². The van der Waals surface area contributed by atoms with E-state index in [1.165, 1.54) is 11.1 Å². The molecule has 0 bridgehead atoms. The minimum Gasteiger partial charge on any atom is -0.489 e. The molecule has 1 aromatic carbocycles. The van der Waals surface area contributed by atoms with Crippen LogP contribution in [0.1, 0.15) is 34.2 Å². The van der Waals surface area contributed by atoms with Crippen molar-refractivity contribution < 1.29 is 9.53 Å². The summed E-state index contributed by atoms with van der Waals surface area (Å²) in [4.78, 5) is 14.6. The second kappa shape index (κ2) is 9.71. The molecule has 2 heterocycles. The number of thiophene rings is 1. The van der Waals surface area contributed by atoms with Crippen LogP contribution in [0, 0.1) is 6.92 Å². The van der Waals surface area contributed by atoms with E-state index < -0.39 is 0 Å². The Morgan fingerprint density at radius 2 is 2.07 bits per heavy atom. The monoisotopic (exact) mass is 412 g/mol. The maximum atomic E-state index is 12.3. The van der Waals surface area contributed by atoms with Crippen LogP contribution in [0.2, 0.25) is 0 Å². The standard InChI is InChI=1S/C22H28N4O2S/c1-16-10-21(26(4)24-16)22(27)23-12-17(2)28-20-7-5-6-18(11-20)13-25(3)14-19-8-9-29-15-19/h5-11,15,17H,12-14H2,1-4H3,(H,23,27)/t17-/m0/s1. The van der Waals surface area contributed by atoms with Crippen LogP contribution in [0.15, 0.2) is 47.2 Å². The lowest BCUT2D eigenvalue weighted by Gasteiger charge is -2.18. The molecule has 0 fully saturated rings. The highest BCUT2D eigenvalue weighted by atomic mass is 32.1. The van der Waals surface area contributed by atoms with Gasteiger partial charge >= 0.3 is 0 Å². The Balaban J connectivity index is 1.50. The molecule has 0 unspecified atom stereocenters. The van der Waals surface area contributed by atoms with Gasteiger partial charge in [-0.2, -0.15) is 16.4 Å². The Hall–Kier alpha value is -2.64. The molecule has 1 N–H and O–H groups in total. The lowest BCUT2D eigenvalue weighted by atomic mass is 10.2. The molecule has 0 aliphatic heterocycles. The van der Waals surface area contributed by atoms with Crippen molar-refractivity contribution in [1.29, 1.82) is 0 Å². The quantitative estimate of drug-likeness (QED) is 0.583. The van der Waals surface area contributed by atoms with Crippen LogP contribution in [0.25, 0.3) is 0 Å². The zero-order chi connectivity index (χ0) is 20.8. The van der Waals surface area contributed by atoms with Crippen LogP contribution in [0.3, 0.4) is 0 Å². The largest absolute Gasteiger partial charge is 0.489 e. The molecule has 29 heavy (non-hydrogen) atoms. The molecule has 0 aliphatic rings. The van der Waals surface area contributed by atoms with Crippen molar-refractivity contribution in [3.63, 3.8) is 0 Å². The first-order valence-electron chi connectivity index (χ1n) is 9.65. The maximum absolute atomic E-state index is 12.3. The topological polar surface area (TPSA) is 59.4 Å². The number of nitrogens with zero attached hydrogens (tertiary/aromatic N) is 3. The molecule has 0 aliphatic carbocycles. The van der Waals surface area contributed by atoms with Crippen molar-refractivity contribution in [2.24, 2.45) is 7.05 Å². The van der Waals surface area contributed by atoms with Gasteiger partial charge in [0, 0.05) is 20.1 Å². The van der Waals surface area contributed by atoms with Gasteiger partial charge in [0.2, 0.25) is 0 Å². The predicted molar refractivity (Wildman–Crippen MR) is 116 cm³/mol. The van der Waals surface area contributed by atoms with E-state index >= 15 is 0 Å². The Morgan fingerprint density at radius 3 is 2.76 bits per heavy atom. The Labute approximate surface area is 176 Å². The fourth-order valence-electron chi connectivity index (χ4n) is 3.20. The van der Waals surface area contributed by atoms with Gasteiger partial charge in [-0.25, -0.2) is 0 Å². The molecule has 3 aromatic rings. The highest BCUT2D eigenvalue weighted by Gasteiger charge is 2.13. The van der Waals surface area contributed by atoms with Gasteiger partial charge in [-0.15, -0.1) is 0 Å². The lowest BCUT2D eigenvalue weighted by molar-refractivity contribution is 0.0922. The number of carbonyl (C=O) groups excluding carboxylic acids is 1. The van der Waals surface area contributed by atoms with Crippen LogP contribution >= 0.6 is 11.3 Å². The van der Waals surface area contributed by atoms with Gasteiger partial charge in [-0.3, -0.25) is 14.4 Å². The van der Waals surface area contributed by atoms with E-state index in [1.807, 2.05) is 26.0 Å². The number of ether oxygens (including phenoxy) is 1. The second-order valence-electron chi connectivity index (χ2n) is 7.38. The highest BCUT2D eigenvalue weighted by molar-refractivity contribution is 7.07. The summed E-state index contributed by atoms with van der Waals surface area (Å²) >= 11 is 1.72. The van der Waals surface area contributed by atoms with Crippen LogP contribution < -0.4 is 10.1 Å². The van der Waals surface area contributed by atoms with Crippen LogP contribution in [0.5, 0.6) is 5.75 Å². The van der Waals surface area contributed by atoms with E-state index in [4.69, 9.17) is 4.74 Å². The van der Waals surface area contributed by atoms with E-state index in [2.05, 4.69) is 51.3 Å². The average Bonchev–Trinajstić information content (AvgIpc) is 3.29. The fourth-order valence-corrected chi connectivity index (χ4v) is 3.86. The van der Waals surface area contributed by atoms with Gasteiger partial charge in [0.15, 0.2) is 0 Å². The summed E-state index contributed by atoms with van der Waals surface area (Å²) < 4.78 is 7.60. The Morgan fingerprint density at radius 1 is 1.28 bits per heavy atom. The SMILES string of the molecule is Cc1cc(C(=O)NC[C@H](C)Oc2cccc(CN(C)Cc3ccsc3)c2)n(C)n1. The maximum Gasteiger partial charge on any atom is 0.269 e. The summed E-state index contributed by atoms with van der Waals surface area (Å²) in [5, 5.41) is 11.4. The molecular weight excluding hydrogens is 384 g/mol. The van der Waals surface area contributed by atoms with E-state index in [-0.39, 0.29) is 12.0 Å². The van der Waals surface area contributed by atoms with Crippen molar-refractivity contribution in [1.82, 2.24) is 20.0 Å². The number of hydrogen-bond acceptors (Lipinski definition) is 5. The van der Waals surface area contributed by atoms with E-state index in [0.717, 1.165) is 24.5 Å². The molecule has 1 amide bonds. The molecule has 0 saturated carbocycles. The molecule has 154 valence electrons. The first-order chi connectivity index (χ1) is 13.9. The highest BCUT2D eigenvalue weighted by Crippen LogP contribution is 2.17. The number of aromatic nitrogens is 2. The lowest BCUT2D eigenvalue weighted by Crippen LogP contribution is -2.34. The number of benzene rings is 1. The van der Waals surface area contributed by atoms with Crippen LogP contribution in [-0.4, -0.2) is 40.3 Å². The van der Waals surface area contributed by atoms with Crippen LogP contribution in [-0.2, 0) is 20.1 Å². The van der Waals surface area contributed by atoms with Crippen molar-refractivity contribution in [2.45, 2.75) is 33.0 Å². The Kier molecular flexibility index (Phi) is 7.06. The first kappa shape index (κ1) is 21.1. The molecule has 3 rings (SSSR count). The smallest absolute Gasteiger partial charge is 0.269 e. The summed E-state index contributed by atoms with van der Waals surface area (Å²) in [7, 11) is 3.88. The second-order valence-corrected chi connectivity index (χ2v) is 8.16. The number of amides is 1. The number of nitrogens with one attached hydrogen (secondary N) is 1. The summed E-state index contributed by atoms with van der Waals surface area (Å²) in [6.45, 7) is 6.01. The summed E-state index contributed by atoms with van der Waals surface area (Å²) in [6, 6.07) is 12.1.